The second-order valence-corrected chi connectivity index (χ2v) is 10.9. The van der Waals surface area contributed by atoms with Gasteiger partial charge in [-0.05, 0) is 60.5 Å². The van der Waals surface area contributed by atoms with Gasteiger partial charge in [0.1, 0.15) is 0 Å². The van der Waals surface area contributed by atoms with Gasteiger partial charge < -0.3 is 9.80 Å². The third-order valence-corrected chi connectivity index (χ3v) is 8.56. The summed E-state index contributed by atoms with van der Waals surface area (Å²) in [4.78, 5) is 34.1. The van der Waals surface area contributed by atoms with Crippen molar-refractivity contribution in [2.75, 3.05) is 32.7 Å². The highest BCUT2D eigenvalue weighted by molar-refractivity contribution is 7.10. The van der Waals surface area contributed by atoms with Gasteiger partial charge in [0, 0.05) is 37.1 Å². The van der Waals surface area contributed by atoms with E-state index in [1.807, 2.05) is 40.2 Å². The molecule has 2 aliphatic heterocycles. The monoisotopic (exact) mass is 507 g/mol. The van der Waals surface area contributed by atoms with E-state index >= 15 is 0 Å². The Hall–Kier alpha value is -2.67. The minimum absolute atomic E-state index is 0.0733. The average Bonchev–Trinajstić information content (AvgIpc) is 3.33. The summed E-state index contributed by atoms with van der Waals surface area (Å²) in [7, 11) is 0. The van der Waals surface area contributed by atoms with Gasteiger partial charge in [0.15, 0.2) is 0 Å². The molecule has 2 amide bonds. The van der Waals surface area contributed by atoms with Crippen molar-refractivity contribution in [1.82, 2.24) is 14.7 Å². The lowest BCUT2D eigenvalue weighted by atomic mass is 9.90. The number of carbonyl (C=O) groups is 2. The average molecular weight is 508 g/mol. The Bertz CT molecular complexity index is 1240. The van der Waals surface area contributed by atoms with Crippen molar-refractivity contribution >= 4 is 34.8 Å². The molecule has 7 heteroatoms. The zero-order chi connectivity index (χ0) is 24.5. The molecule has 2 aromatic carbocycles. The number of hydrogen-bond acceptors (Lipinski definition) is 4. The number of carbonyl (C=O) groups excluding carboxylic acids is 2. The van der Waals surface area contributed by atoms with E-state index in [2.05, 4.69) is 47.5 Å². The van der Waals surface area contributed by atoms with Crippen molar-refractivity contribution in [1.29, 1.82) is 0 Å². The van der Waals surface area contributed by atoms with Crippen LogP contribution in [0.15, 0.2) is 60.0 Å². The van der Waals surface area contributed by atoms with Gasteiger partial charge in [-0.2, -0.15) is 0 Å². The molecule has 0 bridgehead atoms. The molecule has 3 aromatic rings. The molecule has 0 spiro atoms. The molecule has 0 N–H and O–H groups in total. The van der Waals surface area contributed by atoms with Crippen LogP contribution in [0.3, 0.4) is 0 Å². The Morgan fingerprint density at radius 3 is 2.54 bits per heavy atom. The minimum Gasteiger partial charge on any atom is -0.338 e. The number of fused-ring (bicyclic) bond motifs is 1. The topological polar surface area (TPSA) is 43.9 Å². The molecule has 182 valence electrons. The first kappa shape index (κ1) is 24.0. The van der Waals surface area contributed by atoms with E-state index in [0.29, 0.717) is 36.8 Å². The predicted octanol–water partition coefficient (Wildman–Crippen LogP) is 5.03. The second kappa shape index (κ2) is 10.1. The van der Waals surface area contributed by atoms with Crippen LogP contribution in [-0.4, -0.2) is 65.3 Å². The van der Waals surface area contributed by atoms with Crippen molar-refractivity contribution < 1.29 is 9.59 Å². The summed E-state index contributed by atoms with van der Waals surface area (Å²) >= 11 is 8.07. The molecule has 1 aromatic heterocycles. The third kappa shape index (κ3) is 4.75. The highest BCUT2D eigenvalue weighted by atomic mass is 35.5. The standard InChI is InChI=1S/C28H30ClN3O2S/c1-19-7-3-4-8-21(19)27-23-12-16-35-25(23)11-13-31(27)18-26(33)30-14-15-32(20(2)17-30)28(34)22-9-5-6-10-24(22)29/h3-10,12,16,20,27H,11,13-15,17-18H2,1-2H3. The minimum atomic E-state index is -0.0755. The maximum Gasteiger partial charge on any atom is 0.255 e. The van der Waals surface area contributed by atoms with Crippen LogP contribution >= 0.6 is 22.9 Å². The number of halogens is 1. The van der Waals surface area contributed by atoms with Gasteiger partial charge in [0.2, 0.25) is 5.91 Å². The lowest BCUT2D eigenvalue weighted by molar-refractivity contribution is -0.135. The lowest BCUT2D eigenvalue weighted by Crippen LogP contribution is -2.57. The van der Waals surface area contributed by atoms with E-state index in [4.69, 9.17) is 11.6 Å². The van der Waals surface area contributed by atoms with Gasteiger partial charge in [-0.3, -0.25) is 14.5 Å². The first-order chi connectivity index (χ1) is 16.9. The molecule has 0 radical (unpaired) electrons. The van der Waals surface area contributed by atoms with Crippen LogP contribution in [0.25, 0.3) is 0 Å². The van der Waals surface area contributed by atoms with Gasteiger partial charge in [0.25, 0.3) is 5.91 Å². The highest BCUT2D eigenvalue weighted by Crippen LogP contribution is 2.38. The van der Waals surface area contributed by atoms with Crippen LogP contribution in [0.4, 0.5) is 0 Å². The third-order valence-electron chi connectivity index (χ3n) is 7.23. The Balaban J connectivity index is 1.30. The second-order valence-electron chi connectivity index (χ2n) is 9.45. The van der Waals surface area contributed by atoms with Gasteiger partial charge in [-0.25, -0.2) is 0 Å². The van der Waals surface area contributed by atoms with Crippen LogP contribution in [0, 0.1) is 6.92 Å². The molecule has 1 fully saturated rings. The molecule has 2 unspecified atom stereocenters. The Kier molecular flexibility index (Phi) is 6.96. The summed E-state index contributed by atoms with van der Waals surface area (Å²) in [6, 6.07) is 17.9. The van der Waals surface area contributed by atoms with Crippen LogP contribution in [-0.2, 0) is 11.2 Å². The SMILES string of the molecule is Cc1ccccc1C1c2ccsc2CCN1CC(=O)N1CCN(C(=O)c2ccccc2Cl)C(C)C1. The number of amides is 2. The molecule has 3 heterocycles. The van der Waals surface area contributed by atoms with Crippen molar-refractivity contribution in [3.8, 4) is 0 Å². The van der Waals surface area contributed by atoms with Gasteiger partial charge in [0.05, 0.1) is 23.2 Å². The summed E-state index contributed by atoms with van der Waals surface area (Å²) in [5.74, 6) is 0.0507. The quantitative estimate of drug-likeness (QED) is 0.497. The summed E-state index contributed by atoms with van der Waals surface area (Å²) in [5.41, 5.74) is 4.35. The molecule has 1 saturated heterocycles. The molecular formula is C28H30ClN3O2S. The summed E-state index contributed by atoms with van der Waals surface area (Å²) < 4.78 is 0. The van der Waals surface area contributed by atoms with Crippen molar-refractivity contribution in [2.24, 2.45) is 0 Å². The number of benzene rings is 2. The summed E-state index contributed by atoms with van der Waals surface area (Å²) in [5, 5.41) is 2.63. The number of thiophene rings is 1. The van der Waals surface area contributed by atoms with Crippen molar-refractivity contribution in [2.45, 2.75) is 32.4 Å². The normalized spacial score (nSPS) is 20.5. The Morgan fingerprint density at radius 1 is 1.00 bits per heavy atom. The molecule has 2 aliphatic rings. The van der Waals surface area contributed by atoms with E-state index in [-0.39, 0.29) is 23.9 Å². The molecule has 35 heavy (non-hydrogen) atoms. The van der Waals surface area contributed by atoms with Crippen LogP contribution in [0.1, 0.15) is 44.9 Å². The molecule has 0 saturated carbocycles. The van der Waals surface area contributed by atoms with Crippen LogP contribution in [0.2, 0.25) is 5.02 Å². The molecule has 5 rings (SSSR count). The summed E-state index contributed by atoms with van der Waals surface area (Å²) in [6.45, 7) is 6.95. The van der Waals surface area contributed by atoms with Crippen LogP contribution in [0.5, 0.6) is 0 Å². The number of aryl methyl sites for hydroxylation is 1. The maximum absolute atomic E-state index is 13.5. The molecule has 2 atom stereocenters. The highest BCUT2D eigenvalue weighted by Gasteiger charge is 2.35. The van der Waals surface area contributed by atoms with E-state index in [0.717, 1.165) is 13.0 Å². The first-order valence-corrected chi connectivity index (χ1v) is 13.4. The van der Waals surface area contributed by atoms with E-state index in [1.165, 1.54) is 21.6 Å². The number of piperazine rings is 1. The van der Waals surface area contributed by atoms with Gasteiger partial charge in [-0.1, -0.05) is 48.0 Å². The summed E-state index contributed by atoms with van der Waals surface area (Å²) in [6.07, 6.45) is 0.971. The predicted molar refractivity (Wildman–Crippen MR) is 141 cm³/mol. The zero-order valence-electron chi connectivity index (χ0n) is 20.1. The van der Waals surface area contributed by atoms with E-state index < -0.39 is 0 Å². The first-order valence-electron chi connectivity index (χ1n) is 12.1. The Labute approximate surface area is 215 Å². The van der Waals surface area contributed by atoms with Crippen molar-refractivity contribution in [3.63, 3.8) is 0 Å². The Morgan fingerprint density at radius 2 is 1.77 bits per heavy atom. The maximum atomic E-state index is 13.5. The van der Waals surface area contributed by atoms with Gasteiger partial charge in [-0.15, -0.1) is 11.3 Å². The van der Waals surface area contributed by atoms with Gasteiger partial charge >= 0.3 is 0 Å². The molecular weight excluding hydrogens is 478 g/mol. The van der Waals surface area contributed by atoms with Crippen LogP contribution < -0.4 is 0 Å². The zero-order valence-corrected chi connectivity index (χ0v) is 21.7. The fourth-order valence-electron chi connectivity index (χ4n) is 5.35. The van der Waals surface area contributed by atoms with E-state index in [9.17, 15) is 9.59 Å². The molecule has 5 nitrogen and oxygen atoms in total. The van der Waals surface area contributed by atoms with E-state index in [1.54, 1.807) is 12.1 Å². The largest absolute Gasteiger partial charge is 0.338 e. The number of hydrogen-bond donors (Lipinski definition) is 0. The number of rotatable bonds is 4. The smallest absolute Gasteiger partial charge is 0.255 e. The van der Waals surface area contributed by atoms with Crippen molar-refractivity contribution in [3.05, 3.63) is 92.1 Å². The molecule has 0 aliphatic carbocycles. The fourth-order valence-corrected chi connectivity index (χ4v) is 6.47. The number of nitrogens with zero attached hydrogens (tertiary/aromatic N) is 3. The lowest BCUT2D eigenvalue weighted by Gasteiger charge is -2.42. The fraction of sp³-hybridized carbons (Fsp3) is 0.357.